The third kappa shape index (κ3) is 4.56. The van der Waals surface area contributed by atoms with E-state index in [2.05, 4.69) is 5.32 Å². The van der Waals surface area contributed by atoms with Crippen molar-refractivity contribution < 1.29 is 28.3 Å². The van der Waals surface area contributed by atoms with Crippen LogP contribution < -0.4 is 10.6 Å². The van der Waals surface area contributed by atoms with Crippen LogP contribution in [0.1, 0.15) is 33.8 Å². The Bertz CT molecular complexity index is 822. The van der Waals surface area contributed by atoms with E-state index < -0.39 is 24.4 Å². The molecule has 1 saturated carbocycles. The summed E-state index contributed by atoms with van der Waals surface area (Å²) < 4.78 is 9.70. The van der Waals surface area contributed by atoms with Crippen molar-refractivity contribution in [1.29, 1.82) is 0 Å². The Morgan fingerprint density at radius 3 is 2.42 bits per heavy atom. The lowest BCUT2D eigenvalue weighted by Crippen LogP contribution is -2.33. The number of benzene rings is 1. The van der Waals surface area contributed by atoms with Gasteiger partial charge in [0.2, 0.25) is 5.91 Å². The highest BCUT2D eigenvalue weighted by Crippen LogP contribution is 2.30. The number of amides is 3. The summed E-state index contributed by atoms with van der Waals surface area (Å²) in [5, 5.41) is 4.79. The van der Waals surface area contributed by atoms with Crippen molar-refractivity contribution >= 4 is 29.4 Å². The molecule has 8 nitrogen and oxygen atoms in total. The lowest BCUT2D eigenvalue weighted by atomic mass is 10.2. The van der Waals surface area contributed by atoms with E-state index in [4.69, 9.17) is 9.15 Å². The maximum atomic E-state index is 11.9. The van der Waals surface area contributed by atoms with E-state index in [1.807, 2.05) is 5.32 Å². The van der Waals surface area contributed by atoms with Crippen LogP contribution in [-0.2, 0) is 14.3 Å². The van der Waals surface area contributed by atoms with Gasteiger partial charge in [0.05, 0.1) is 11.8 Å². The predicted molar refractivity (Wildman–Crippen MR) is 89.3 cm³/mol. The molecule has 0 aliphatic heterocycles. The molecule has 1 heterocycles. The second-order valence-electron chi connectivity index (χ2n) is 5.77. The summed E-state index contributed by atoms with van der Waals surface area (Å²) in [6.07, 6.45) is 3.11. The molecule has 0 radical (unpaired) electrons. The molecule has 3 amide bonds. The van der Waals surface area contributed by atoms with Crippen molar-refractivity contribution in [1.82, 2.24) is 5.32 Å². The Balaban J connectivity index is 1.46. The fraction of sp³-hybridized carbons (Fsp3) is 0.222. The summed E-state index contributed by atoms with van der Waals surface area (Å²) in [5.41, 5.74) is 0.805. The zero-order chi connectivity index (χ0) is 18.5. The number of furan rings is 1. The number of carbonyl (C=O) groups excluding carboxylic acids is 4. The van der Waals surface area contributed by atoms with Crippen LogP contribution >= 0.6 is 0 Å². The van der Waals surface area contributed by atoms with Gasteiger partial charge in [-0.1, -0.05) is 0 Å². The summed E-state index contributed by atoms with van der Waals surface area (Å²) in [5.74, 6) is -2.17. The lowest BCUT2D eigenvalue weighted by Gasteiger charge is -2.07. The molecule has 0 bridgehead atoms. The van der Waals surface area contributed by atoms with Crippen molar-refractivity contribution in [2.24, 2.45) is 5.92 Å². The van der Waals surface area contributed by atoms with Crippen molar-refractivity contribution in [2.45, 2.75) is 12.8 Å². The minimum absolute atomic E-state index is 0.0199. The monoisotopic (exact) mass is 356 g/mol. The molecule has 8 heteroatoms. The highest BCUT2D eigenvalue weighted by atomic mass is 16.5. The number of hydrogen-bond donors (Lipinski definition) is 2. The van der Waals surface area contributed by atoms with Gasteiger partial charge in [0.1, 0.15) is 0 Å². The van der Waals surface area contributed by atoms with Gasteiger partial charge >= 0.3 is 5.97 Å². The summed E-state index contributed by atoms with van der Waals surface area (Å²) in [6.45, 7) is -0.606. The zero-order valence-electron chi connectivity index (χ0n) is 13.7. The van der Waals surface area contributed by atoms with Gasteiger partial charge < -0.3 is 14.5 Å². The van der Waals surface area contributed by atoms with Gasteiger partial charge in [0.15, 0.2) is 12.4 Å². The molecule has 0 spiro atoms. The number of carbonyl (C=O) groups is 4. The SMILES string of the molecule is O=C(COC(=O)c1ccc(NC(=O)C2CC2)cc1)NC(=O)c1ccco1. The van der Waals surface area contributed by atoms with E-state index in [0.29, 0.717) is 5.69 Å². The van der Waals surface area contributed by atoms with E-state index in [1.165, 1.54) is 30.5 Å². The van der Waals surface area contributed by atoms with Gasteiger partial charge in [-0.2, -0.15) is 0 Å². The highest BCUT2D eigenvalue weighted by Gasteiger charge is 2.29. The maximum Gasteiger partial charge on any atom is 0.338 e. The van der Waals surface area contributed by atoms with E-state index >= 15 is 0 Å². The fourth-order valence-electron chi connectivity index (χ4n) is 2.13. The largest absolute Gasteiger partial charge is 0.459 e. The van der Waals surface area contributed by atoms with Crippen LogP contribution in [0.25, 0.3) is 0 Å². The normalized spacial score (nSPS) is 12.9. The standard InChI is InChI=1S/C18H16N2O6/c21-15(20-17(23)14-2-1-9-25-14)10-26-18(24)12-5-7-13(8-6-12)19-16(22)11-3-4-11/h1-2,5-9,11H,3-4,10H2,(H,19,22)(H,20,21,23). The van der Waals surface area contributed by atoms with Crippen LogP contribution in [0.5, 0.6) is 0 Å². The number of hydrogen-bond acceptors (Lipinski definition) is 6. The van der Waals surface area contributed by atoms with E-state index in [1.54, 1.807) is 12.1 Å². The maximum absolute atomic E-state index is 11.9. The van der Waals surface area contributed by atoms with Gasteiger partial charge in [-0.05, 0) is 49.2 Å². The topological polar surface area (TPSA) is 115 Å². The van der Waals surface area contributed by atoms with Crippen LogP contribution in [0.2, 0.25) is 0 Å². The average molecular weight is 356 g/mol. The van der Waals surface area contributed by atoms with Crippen molar-refractivity contribution in [3.63, 3.8) is 0 Å². The molecule has 1 fully saturated rings. The number of imide groups is 1. The van der Waals surface area contributed by atoms with Crippen molar-refractivity contribution in [3.05, 3.63) is 54.0 Å². The van der Waals surface area contributed by atoms with Crippen LogP contribution in [0.15, 0.2) is 47.1 Å². The second-order valence-corrected chi connectivity index (χ2v) is 5.77. The molecular formula is C18H16N2O6. The quantitative estimate of drug-likeness (QED) is 0.762. The Kier molecular flexibility index (Phi) is 5.12. The van der Waals surface area contributed by atoms with Crippen molar-refractivity contribution in [2.75, 3.05) is 11.9 Å². The number of anilines is 1. The summed E-state index contributed by atoms with van der Waals surface area (Å²) in [6, 6.07) is 9.04. The zero-order valence-corrected chi connectivity index (χ0v) is 13.7. The Morgan fingerprint density at radius 2 is 1.81 bits per heavy atom. The summed E-state index contributed by atoms with van der Waals surface area (Å²) in [4.78, 5) is 46.8. The number of ether oxygens (including phenoxy) is 1. The summed E-state index contributed by atoms with van der Waals surface area (Å²) >= 11 is 0. The van der Waals surface area contributed by atoms with Gasteiger partial charge in [-0.25, -0.2) is 4.79 Å². The van der Waals surface area contributed by atoms with Gasteiger partial charge in [-0.3, -0.25) is 19.7 Å². The Labute approximate surface area is 148 Å². The lowest BCUT2D eigenvalue weighted by molar-refractivity contribution is -0.123. The van der Waals surface area contributed by atoms with Crippen LogP contribution in [0.3, 0.4) is 0 Å². The van der Waals surface area contributed by atoms with E-state index in [0.717, 1.165) is 12.8 Å². The van der Waals surface area contributed by atoms with Crippen molar-refractivity contribution in [3.8, 4) is 0 Å². The number of rotatable bonds is 6. The third-order valence-electron chi connectivity index (χ3n) is 3.67. The molecule has 1 aromatic heterocycles. The smallest absolute Gasteiger partial charge is 0.338 e. The van der Waals surface area contributed by atoms with E-state index in [9.17, 15) is 19.2 Å². The molecule has 0 atom stereocenters. The summed E-state index contributed by atoms with van der Waals surface area (Å²) in [7, 11) is 0. The first kappa shape index (κ1) is 17.4. The minimum Gasteiger partial charge on any atom is -0.459 e. The molecule has 3 rings (SSSR count). The second kappa shape index (κ2) is 7.64. The Hall–Kier alpha value is -3.42. The fourth-order valence-corrected chi connectivity index (χ4v) is 2.13. The molecule has 0 saturated heterocycles. The molecule has 134 valence electrons. The predicted octanol–water partition coefficient (Wildman–Crippen LogP) is 1.74. The molecule has 2 aromatic rings. The first-order valence-electron chi connectivity index (χ1n) is 7.98. The first-order valence-corrected chi connectivity index (χ1v) is 7.98. The number of nitrogens with one attached hydrogen (secondary N) is 2. The molecule has 26 heavy (non-hydrogen) atoms. The molecule has 2 N–H and O–H groups in total. The van der Waals surface area contributed by atoms with Crippen LogP contribution in [0.4, 0.5) is 5.69 Å². The highest BCUT2D eigenvalue weighted by molar-refractivity contribution is 6.04. The van der Waals surface area contributed by atoms with E-state index in [-0.39, 0.29) is 23.1 Å². The minimum atomic E-state index is -0.770. The number of esters is 1. The van der Waals surface area contributed by atoms with Gasteiger partial charge in [-0.15, -0.1) is 0 Å². The average Bonchev–Trinajstić information content (AvgIpc) is 3.34. The molecular weight excluding hydrogens is 340 g/mol. The van der Waals surface area contributed by atoms with Gasteiger partial charge in [0, 0.05) is 11.6 Å². The van der Waals surface area contributed by atoms with Crippen LogP contribution in [-0.4, -0.2) is 30.3 Å². The van der Waals surface area contributed by atoms with Crippen LogP contribution in [0, 0.1) is 5.92 Å². The third-order valence-corrected chi connectivity index (χ3v) is 3.67. The Morgan fingerprint density at radius 1 is 1.08 bits per heavy atom. The molecule has 0 unspecified atom stereocenters. The van der Waals surface area contributed by atoms with Gasteiger partial charge in [0.25, 0.3) is 11.8 Å². The molecule has 1 aliphatic rings. The first-order chi connectivity index (χ1) is 12.5. The molecule has 1 aromatic carbocycles. The molecule has 1 aliphatic carbocycles.